The molecule has 5 nitrogen and oxygen atoms in total. The number of rotatable bonds is 6. The Bertz CT molecular complexity index is 1030. The number of hydrogen-bond donors (Lipinski definition) is 1. The molecule has 134 valence electrons. The van der Waals surface area contributed by atoms with Gasteiger partial charge in [0.25, 0.3) is 5.91 Å². The summed E-state index contributed by atoms with van der Waals surface area (Å²) in [5, 5.41) is 4.83. The van der Waals surface area contributed by atoms with Gasteiger partial charge in [-0.15, -0.1) is 0 Å². The zero-order valence-corrected chi connectivity index (χ0v) is 15.1. The van der Waals surface area contributed by atoms with E-state index in [1.807, 2.05) is 42.5 Å². The number of fused-ring (bicyclic) bond motifs is 1. The van der Waals surface area contributed by atoms with Crippen LogP contribution in [0.15, 0.2) is 71.6 Å². The molecule has 26 heavy (non-hydrogen) atoms. The lowest BCUT2D eigenvalue weighted by Crippen LogP contribution is -2.20. The molecule has 0 aliphatic heterocycles. The van der Waals surface area contributed by atoms with E-state index in [1.54, 1.807) is 19.1 Å². The molecule has 1 amide bonds. The van der Waals surface area contributed by atoms with Gasteiger partial charge >= 0.3 is 0 Å². The number of nitrogens with one attached hydrogen (secondary N) is 1. The SMILES string of the molecule is CCS(=O)(=O)c1ccc(NC(=O)COc2ccc3ccccc3c2)cc1. The van der Waals surface area contributed by atoms with E-state index in [0.29, 0.717) is 11.4 Å². The Kier molecular flexibility index (Phi) is 5.23. The molecule has 0 heterocycles. The van der Waals surface area contributed by atoms with Crippen molar-refractivity contribution in [3.05, 3.63) is 66.7 Å². The molecular formula is C20H19NO4S. The fourth-order valence-electron chi connectivity index (χ4n) is 2.52. The van der Waals surface area contributed by atoms with Crippen LogP contribution >= 0.6 is 0 Å². The summed E-state index contributed by atoms with van der Waals surface area (Å²) in [6.45, 7) is 1.46. The van der Waals surface area contributed by atoms with E-state index in [-0.39, 0.29) is 23.2 Å². The fraction of sp³-hybridized carbons (Fsp3) is 0.150. The van der Waals surface area contributed by atoms with Crippen LogP contribution in [-0.2, 0) is 14.6 Å². The molecule has 0 spiro atoms. The van der Waals surface area contributed by atoms with Crippen molar-refractivity contribution in [2.24, 2.45) is 0 Å². The van der Waals surface area contributed by atoms with E-state index in [0.717, 1.165) is 10.8 Å². The summed E-state index contributed by atoms with van der Waals surface area (Å²) in [5.41, 5.74) is 0.521. The third-order valence-corrected chi connectivity index (χ3v) is 5.72. The molecule has 0 bridgehead atoms. The normalized spacial score (nSPS) is 11.3. The van der Waals surface area contributed by atoms with Gasteiger partial charge in [0, 0.05) is 5.69 Å². The first-order valence-electron chi connectivity index (χ1n) is 8.22. The number of benzene rings is 3. The number of sulfone groups is 1. The second-order valence-electron chi connectivity index (χ2n) is 5.77. The lowest BCUT2D eigenvalue weighted by atomic mass is 10.1. The zero-order chi connectivity index (χ0) is 18.6. The topological polar surface area (TPSA) is 72.5 Å². The average Bonchev–Trinajstić information content (AvgIpc) is 2.66. The second kappa shape index (κ2) is 7.58. The van der Waals surface area contributed by atoms with Crippen molar-refractivity contribution in [1.82, 2.24) is 0 Å². The molecule has 0 aliphatic rings. The standard InChI is InChI=1S/C20H19NO4S/c1-2-26(23,24)19-11-8-17(9-12-19)21-20(22)14-25-18-10-7-15-5-3-4-6-16(15)13-18/h3-13H,2,14H2,1H3,(H,21,22). The van der Waals surface area contributed by atoms with Gasteiger partial charge in [0.1, 0.15) is 5.75 Å². The lowest BCUT2D eigenvalue weighted by Gasteiger charge is -2.09. The minimum atomic E-state index is -3.25. The van der Waals surface area contributed by atoms with E-state index in [1.165, 1.54) is 12.1 Å². The van der Waals surface area contributed by atoms with Crippen molar-refractivity contribution in [3.63, 3.8) is 0 Å². The van der Waals surface area contributed by atoms with Crippen molar-refractivity contribution in [2.75, 3.05) is 17.7 Å². The first-order chi connectivity index (χ1) is 12.5. The number of carbonyl (C=O) groups is 1. The van der Waals surface area contributed by atoms with Crippen LogP contribution in [-0.4, -0.2) is 26.7 Å². The maximum atomic E-state index is 12.0. The molecule has 0 radical (unpaired) electrons. The van der Waals surface area contributed by atoms with Crippen molar-refractivity contribution in [1.29, 1.82) is 0 Å². The van der Waals surface area contributed by atoms with Crippen molar-refractivity contribution in [3.8, 4) is 5.75 Å². The van der Waals surface area contributed by atoms with Crippen LogP contribution in [0.1, 0.15) is 6.92 Å². The monoisotopic (exact) mass is 369 g/mol. The van der Waals surface area contributed by atoms with Gasteiger partial charge in [0.15, 0.2) is 16.4 Å². The maximum Gasteiger partial charge on any atom is 0.262 e. The highest BCUT2D eigenvalue weighted by Gasteiger charge is 2.11. The highest BCUT2D eigenvalue weighted by molar-refractivity contribution is 7.91. The fourth-order valence-corrected chi connectivity index (χ4v) is 3.40. The van der Waals surface area contributed by atoms with E-state index in [9.17, 15) is 13.2 Å². The number of amides is 1. The predicted molar refractivity (Wildman–Crippen MR) is 102 cm³/mol. The Morgan fingerprint density at radius 3 is 2.35 bits per heavy atom. The van der Waals surface area contributed by atoms with Gasteiger partial charge in [-0.1, -0.05) is 37.3 Å². The number of ether oxygens (including phenoxy) is 1. The van der Waals surface area contributed by atoms with Gasteiger partial charge in [-0.3, -0.25) is 4.79 Å². The number of carbonyl (C=O) groups excluding carboxylic acids is 1. The van der Waals surface area contributed by atoms with Crippen LogP contribution < -0.4 is 10.1 Å². The van der Waals surface area contributed by atoms with Crippen molar-refractivity contribution in [2.45, 2.75) is 11.8 Å². The number of anilines is 1. The Morgan fingerprint density at radius 1 is 0.962 bits per heavy atom. The van der Waals surface area contributed by atoms with Crippen LogP contribution in [0.2, 0.25) is 0 Å². The van der Waals surface area contributed by atoms with Crippen LogP contribution in [0, 0.1) is 0 Å². The molecule has 3 rings (SSSR count). The molecule has 0 atom stereocenters. The highest BCUT2D eigenvalue weighted by Crippen LogP contribution is 2.20. The van der Waals surface area contributed by atoms with Crippen molar-refractivity contribution >= 4 is 32.2 Å². The minimum Gasteiger partial charge on any atom is -0.484 e. The Morgan fingerprint density at radius 2 is 1.65 bits per heavy atom. The van der Waals surface area contributed by atoms with Gasteiger partial charge < -0.3 is 10.1 Å². The molecule has 0 aliphatic carbocycles. The first kappa shape index (κ1) is 17.9. The van der Waals surface area contributed by atoms with Gasteiger partial charge in [0.05, 0.1) is 10.6 Å². The van der Waals surface area contributed by atoms with Gasteiger partial charge in [-0.05, 0) is 47.2 Å². The van der Waals surface area contributed by atoms with E-state index >= 15 is 0 Å². The Balaban J connectivity index is 1.60. The molecule has 0 fully saturated rings. The Hall–Kier alpha value is -2.86. The predicted octanol–water partition coefficient (Wildman–Crippen LogP) is 3.65. The molecular weight excluding hydrogens is 350 g/mol. The quantitative estimate of drug-likeness (QED) is 0.720. The molecule has 3 aromatic rings. The molecule has 1 N–H and O–H groups in total. The maximum absolute atomic E-state index is 12.0. The molecule has 0 unspecified atom stereocenters. The Labute approximate surface area is 152 Å². The highest BCUT2D eigenvalue weighted by atomic mass is 32.2. The first-order valence-corrected chi connectivity index (χ1v) is 9.87. The summed E-state index contributed by atoms with van der Waals surface area (Å²) >= 11 is 0. The lowest BCUT2D eigenvalue weighted by molar-refractivity contribution is -0.118. The van der Waals surface area contributed by atoms with E-state index in [2.05, 4.69) is 5.32 Å². The summed E-state index contributed by atoms with van der Waals surface area (Å²) in [6, 6.07) is 19.6. The van der Waals surface area contributed by atoms with E-state index in [4.69, 9.17) is 4.74 Å². The summed E-state index contributed by atoms with van der Waals surface area (Å²) in [6.07, 6.45) is 0. The smallest absolute Gasteiger partial charge is 0.262 e. The third kappa shape index (κ3) is 4.21. The van der Waals surface area contributed by atoms with Crippen LogP contribution in [0.25, 0.3) is 10.8 Å². The second-order valence-corrected chi connectivity index (χ2v) is 8.05. The molecule has 0 saturated carbocycles. The summed E-state index contributed by atoms with van der Waals surface area (Å²) in [4.78, 5) is 12.3. The van der Waals surface area contributed by atoms with Gasteiger partial charge in [0.2, 0.25) is 0 Å². The average molecular weight is 369 g/mol. The van der Waals surface area contributed by atoms with Crippen LogP contribution in [0.4, 0.5) is 5.69 Å². The van der Waals surface area contributed by atoms with Gasteiger partial charge in [-0.2, -0.15) is 0 Å². The summed E-state index contributed by atoms with van der Waals surface area (Å²) < 4.78 is 29.1. The number of hydrogen-bond acceptors (Lipinski definition) is 4. The molecule has 0 aromatic heterocycles. The van der Waals surface area contributed by atoms with Crippen LogP contribution in [0.5, 0.6) is 5.75 Å². The molecule has 0 saturated heterocycles. The van der Waals surface area contributed by atoms with Crippen molar-refractivity contribution < 1.29 is 17.9 Å². The molecule has 3 aromatic carbocycles. The largest absolute Gasteiger partial charge is 0.484 e. The van der Waals surface area contributed by atoms with Crippen LogP contribution in [0.3, 0.4) is 0 Å². The minimum absolute atomic E-state index is 0.0400. The third-order valence-electron chi connectivity index (χ3n) is 3.97. The molecule has 6 heteroatoms. The summed E-state index contributed by atoms with van der Waals surface area (Å²) in [7, 11) is -3.25. The van der Waals surface area contributed by atoms with E-state index < -0.39 is 9.84 Å². The van der Waals surface area contributed by atoms with Gasteiger partial charge in [-0.25, -0.2) is 8.42 Å². The summed E-state index contributed by atoms with van der Waals surface area (Å²) in [5.74, 6) is 0.339. The zero-order valence-electron chi connectivity index (χ0n) is 14.3.